The Hall–Kier alpha value is -3.47. The van der Waals surface area contributed by atoms with Crippen molar-refractivity contribution < 1.29 is 55.7 Å². The number of pyridine rings is 1. The third kappa shape index (κ3) is 9.28. The van der Waals surface area contributed by atoms with Crippen molar-refractivity contribution in [3.63, 3.8) is 0 Å². The van der Waals surface area contributed by atoms with Gasteiger partial charge in [-0.25, -0.2) is 13.2 Å². The van der Waals surface area contributed by atoms with E-state index in [-0.39, 0.29) is 51.6 Å². The maximum absolute atomic E-state index is 14.3. The van der Waals surface area contributed by atoms with E-state index in [2.05, 4.69) is 35.7 Å². The molecular formula is C27H29BrF2N3O10PS. The third-order valence-electron chi connectivity index (χ3n) is 6.24. The van der Waals surface area contributed by atoms with Crippen LogP contribution >= 0.6 is 23.5 Å². The molecule has 1 aromatic heterocycles. The minimum Gasteiger partial charge on any atom is -0.507 e. The van der Waals surface area contributed by atoms with Gasteiger partial charge in [-0.05, 0) is 55.2 Å². The number of aromatic hydroxyl groups is 1. The first kappa shape index (κ1) is 36.0. The Kier molecular flexibility index (Phi) is 12.2. The van der Waals surface area contributed by atoms with Crippen LogP contribution in [0, 0.1) is 0 Å². The van der Waals surface area contributed by atoms with E-state index in [9.17, 15) is 36.5 Å². The van der Waals surface area contributed by atoms with Crippen LogP contribution in [0.3, 0.4) is 0 Å². The second-order valence-corrected chi connectivity index (χ2v) is 13.7. The molecule has 1 atom stereocenters. The smallest absolute Gasteiger partial charge is 0.399 e. The molecule has 1 heterocycles. The number of esters is 1. The summed E-state index contributed by atoms with van der Waals surface area (Å²) in [5, 5.41) is 12.6. The lowest BCUT2D eigenvalue weighted by molar-refractivity contribution is -0.122. The van der Waals surface area contributed by atoms with Crippen LogP contribution in [0.5, 0.6) is 11.5 Å². The predicted octanol–water partition coefficient (Wildman–Crippen LogP) is 3.43. The van der Waals surface area contributed by atoms with Crippen molar-refractivity contribution in [3.8, 4) is 11.5 Å². The summed E-state index contributed by atoms with van der Waals surface area (Å²) in [6.45, 7) is 0.175. The van der Waals surface area contributed by atoms with Crippen molar-refractivity contribution in [1.29, 1.82) is 0 Å². The second kappa shape index (κ2) is 15.2. The van der Waals surface area contributed by atoms with Crippen LogP contribution in [0.4, 0.5) is 8.78 Å². The highest BCUT2D eigenvalue weighted by Crippen LogP contribution is 2.60. The van der Waals surface area contributed by atoms with Gasteiger partial charge in [0.1, 0.15) is 28.0 Å². The highest BCUT2D eigenvalue weighted by atomic mass is 79.9. The van der Waals surface area contributed by atoms with Gasteiger partial charge in [-0.2, -0.15) is 13.5 Å². The van der Waals surface area contributed by atoms with Crippen molar-refractivity contribution >= 4 is 45.4 Å². The number of ether oxygens (including phenoxy) is 2. The molecule has 0 bridgehead atoms. The zero-order valence-corrected chi connectivity index (χ0v) is 26.8. The number of benzene rings is 2. The Labute approximate surface area is 265 Å². The van der Waals surface area contributed by atoms with E-state index in [1.165, 1.54) is 36.5 Å². The van der Waals surface area contributed by atoms with Crippen molar-refractivity contribution in [2.45, 2.75) is 35.9 Å². The highest BCUT2D eigenvalue weighted by molar-refractivity contribution is 9.10. The molecule has 0 spiro atoms. The Balaban J connectivity index is 1.70. The van der Waals surface area contributed by atoms with Gasteiger partial charge in [-0.1, -0.05) is 34.1 Å². The number of nitrogens with zero attached hydrogens (tertiary/aromatic N) is 1. The second-order valence-electron chi connectivity index (χ2n) is 9.45. The van der Waals surface area contributed by atoms with Crippen molar-refractivity contribution in [2.75, 3.05) is 20.3 Å². The minimum atomic E-state index is -5.85. The molecule has 0 aliphatic rings. The average Bonchev–Trinajstić information content (AvgIpc) is 2.97. The number of sulfonamides is 1. The summed E-state index contributed by atoms with van der Waals surface area (Å²) >= 11 is 2.88. The summed E-state index contributed by atoms with van der Waals surface area (Å²) in [4.78, 5) is 46.8. The van der Waals surface area contributed by atoms with Gasteiger partial charge in [0.2, 0.25) is 15.9 Å². The Morgan fingerprint density at radius 2 is 1.87 bits per heavy atom. The summed E-state index contributed by atoms with van der Waals surface area (Å²) in [6, 6.07) is 8.47. The number of hydrogen-bond acceptors (Lipinski definition) is 9. The first-order valence-electron chi connectivity index (χ1n) is 13.0. The number of alkyl halides is 2. The summed E-state index contributed by atoms with van der Waals surface area (Å²) in [5.41, 5.74) is -5.42. The summed E-state index contributed by atoms with van der Waals surface area (Å²) < 4.78 is 78.0. The molecule has 0 fully saturated rings. The van der Waals surface area contributed by atoms with Crippen molar-refractivity contribution in [3.05, 3.63) is 82.1 Å². The van der Waals surface area contributed by atoms with Gasteiger partial charge in [0.15, 0.2) is 0 Å². The molecule has 1 amide bonds. The van der Waals surface area contributed by atoms with Gasteiger partial charge in [0.25, 0.3) is 0 Å². The molecule has 13 nitrogen and oxygen atoms in total. The predicted molar refractivity (Wildman–Crippen MR) is 159 cm³/mol. The lowest BCUT2D eigenvalue weighted by atomic mass is 10.0. The third-order valence-corrected chi connectivity index (χ3v) is 9.33. The zero-order valence-electron chi connectivity index (χ0n) is 23.5. The van der Waals surface area contributed by atoms with Gasteiger partial charge in [-0.15, -0.1) is 0 Å². The number of aromatic nitrogens is 1. The molecule has 244 valence electrons. The van der Waals surface area contributed by atoms with Gasteiger partial charge < -0.3 is 29.7 Å². The van der Waals surface area contributed by atoms with E-state index in [1.807, 2.05) is 0 Å². The molecule has 0 aliphatic heterocycles. The molecular weight excluding hydrogens is 707 g/mol. The molecule has 5 N–H and O–H groups in total. The van der Waals surface area contributed by atoms with Crippen LogP contribution < -0.4 is 14.8 Å². The number of halogens is 3. The molecule has 3 aromatic rings. The van der Waals surface area contributed by atoms with Crippen molar-refractivity contribution in [2.24, 2.45) is 0 Å². The highest BCUT2D eigenvalue weighted by Gasteiger charge is 2.51. The standard InChI is InChI=1S/C27H29BrF2N3O10PS/c1-42-26(36)24-22(34)7-4-8-23(24)43-13-3-2-12-32-25(35)21(33-45(40,41)18-6-5-11-31-16-18)15-17-9-10-19(20(28)14-17)27(29,30)44(37,38)39/h4-11,14,16,21,33-34H,2-3,12-13,15H2,1H3,(H,32,35)(H2,37,38,39). The van der Waals surface area contributed by atoms with E-state index in [0.717, 1.165) is 31.5 Å². The number of carbonyl (C=O) groups is 2. The molecule has 18 heteroatoms. The number of rotatable bonds is 15. The minimum absolute atomic E-state index is 0.0777. The molecule has 0 aliphatic carbocycles. The average molecular weight is 736 g/mol. The lowest BCUT2D eigenvalue weighted by Crippen LogP contribution is -2.48. The van der Waals surface area contributed by atoms with E-state index in [0.29, 0.717) is 12.8 Å². The summed E-state index contributed by atoms with van der Waals surface area (Å²) in [7, 11) is -8.95. The topological polar surface area (TPSA) is 201 Å². The monoisotopic (exact) mass is 735 g/mol. The van der Waals surface area contributed by atoms with Crippen molar-refractivity contribution in [1.82, 2.24) is 15.0 Å². The molecule has 45 heavy (non-hydrogen) atoms. The fourth-order valence-electron chi connectivity index (χ4n) is 3.96. The fourth-order valence-corrected chi connectivity index (χ4v) is 6.46. The normalized spacial score (nSPS) is 12.8. The lowest BCUT2D eigenvalue weighted by Gasteiger charge is -2.21. The van der Waals surface area contributed by atoms with E-state index in [1.54, 1.807) is 0 Å². The van der Waals surface area contributed by atoms with E-state index < -0.39 is 46.8 Å². The largest absolute Gasteiger partial charge is 0.507 e. The molecule has 0 saturated carbocycles. The summed E-state index contributed by atoms with van der Waals surface area (Å²) in [6.07, 6.45) is 2.85. The molecule has 1 unspecified atom stereocenters. The molecule has 0 radical (unpaired) electrons. The first-order valence-corrected chi connectivity index (χ1v) is 16.9. The van der Waals surface area contributed by atoms with Crippen LogP contribution in [-0.4, -0.2) is 66.5 Å². The number of hydrogen-bond donors (Lipinski definition) is 5. The van der Waals surface area contributed by atoms with Crippen LogP contribution in [0.1, 0.15) is 34.3 Å². The molecule has 2 aromatic carbocycles. The fraction of sp³-hybridized carbons (Fsp3) is 0.296. The van der Waals surface area contributed by atoms with Crippen LogP contribution in [0.2, 0.25) is 0 Å². The maximum Gasteiger partial charge on any atom is 0.399 e. The quantitative estimate of drug-likeness (QED) is 0.0870. The van der Waals surface area contributed by atoms with E-state index in [4.69, 9.17) is 14.5 Å². The van der Waals surface area contributed by atoms with Gasteiger partial charge in [-0.3, -0.25) is 14.3 Å². The first-order chi connectivity index (χ1) is 21.1. The molecule has 0 saturated heterocycles. The van der Waals surface area contributed by atoms with Crippen LogP contribution in [0.15, 0.2) is 70.3 Å². The van der Waals surface area contributed by atoms with Gasteiger partial charge in [0, 0.05) is 29.0 Å². The maximum atomic E-state index is 14.3. The molecule has 3 rings (SSSR count). The number of phenols is 1. The number of unbranched alkanes of at least 4 members (excludes halogenated alkanes) is 1. The summed E-state index contributed by atoms with van der Waals surface area (Å²) in [5.74, 6) is -1.74. The van der Waals surface area contributed by atoms with Crippen LogP contribution in [0.25, 0.3) is 0 Å². The van der Waals surface area contributed by atoms with Gasteiger partial charge in [0.05, 0.1) is 13.7 Å². The van der Waals surface area contributed by atoms with Gasteiger partial charge >= 0.3 is 19.2 Å². The Morgan fingerprint density at radius 1 is 1.13 bits per heavy atom. The number of methoxy groups -OCH3 is 1. The van der Waals surface area contributed by atoms with E-state index >= 15 is 0 Å². The SMILES string of the molecule is COC(=O)c1c(O)cccc1OCCCCNC(=O)C(Cc1ccc(C(F)(F)P(=O)(O)O)c(Br)c1)NS(=O)(=O)c1cccnc1. The number of carbonyl (C=O) groups excluding carboxylic acids is 2. The van der Waals surface area contributed by atoms with Crippen LogP contribution in [-0.2, 0) is 36.2 Å². The zero-order chi connectivity index (χ0) is 33.4. The number of nitrogens with one attached hydrogen (secondary N) is 2. The number of phenolic OH excluding ortho intramolecular Hbond substituents is 1. The Morgan fingerprint density at radius 3 is 2.49 bits per heavy atom. The number of amides is 1. The Bertz CT molecular complexity index is 1680.